The van der Waals surface area contributed by atoms with E-state index in [1.807, 2.05) is 78.9 Å². The van der Waals surface area contributed by atoms with Crippen LogP contribution in [0, 0.1) is 0 Å². The fourth-order valence-electron chi connectivity index (χ4n) is 9.69. The van der Waals surface area contributed by atoms with E-state index in [1.165, 1.54) is 5.39 Å². The van der Waals surface area contributed by atoms with Gasteiger partial charge in [-0.15, -0.1) is 0 Å². The molecule has 0 bridgehead atoms. The van der Waals surface area contributed by atoms with Crippen LogP contribution in [-0.4, -0.2) is 19.5 Å². The lowest BCUT2D eigenvalue weighted by atomic mass is 10.0. The lowest BCUT2D eigenvalue weighted by molar-refractivity contribution is 0.668. The van der Waals surface area contributed by atoms with Crippen molar-refractivity contribution >= 4 is 98.4 Å². The Bertz CT molecular complexity index is 4060. The molecule has 0 amide bonds. The van der Waals surface area contributed by atoms with E-state index < -0.39 is 0 Å². The number of hydrogen-bond acceptors (Lipinski definition) is 6. The number of furan rings is 3. The zero-order valence-corrected chi connectivity index (χ0v) is 32.8. The normalized spacial score (nSPS) is 12.2. The van der Waals surface area contributed by atoms with Crippen molar-refractivity contribution in [2.75, 3.05) is 0 Å². The van der Waals surface area contributed by atoms with Crippen LogP contribution in [-0.2, 0) is 0 Å². The Labute approximate surface area is 351 Å². The first kappa shape index (κ1) is 33.3. The first-order chi connectivity index (χ1) is 30.7. The zero-order valence-electron chi connectivity index (χ0n) is 32.8. The van der Waals surface area contributed by atoms with Gasteiger partial charge < -0.3 is 17.8 Å². The van der Waals surface area contributed by atoms with Gasteiger partial charge in [-0.05, 0) is 71.4 Å². The Morgan fingerprint density at radius 3 is 1.47 bits per heavy atom. The number of rotatable bonds is 4. The minimum absolute atomic E-state index is 0.485. The van der Waals surface area contributed by atoms with E-state index in [4.69, 9.17) is 28.2 Å². The highest BCUT2D eigenvalue weighted by molar-refractivity contribution is 6.18. The third kappa shape index (κ3) is 4.67. The van der Waals surface area contributed by atoms with Crippen molar-refractivity contribution < 1.29 is 13.3 Å². The number of aromatic nitrogens is 4. The van der Waals surface area contributed by atoms with Gasteiger partial charge in [0.25, 0.3) is 0 Å². The summed E-state index contributed by atoms with van der Waals surface area (Å²) in [5.41, 5.74) is 9.99. The van der Waals surface area contributed by atoms with Crippen LogP contribution in [0.3, 0.4) is 0 Å². The summed E-state index contributed by atoms with van der Waals surface area (Å²) in [6.07, 6.45) is 0. The summed E-state index contributed by atoms with van der Waals surface area (Å²) in [6.45, 7) is 0. The quantitative estimate of drug-likeness (QED) is 0.176. The van der Waals surface area contributed by atoms with Gasteiger partial charge in [0.05, 0.1) is 33.2 Å². The molecule has 5 heterocycles. The Kier molecular flexibility index (Phi) is 6.71. The molecule has 0 N–H and O–H groups in total. The average molecular weight is 795 g/mol. The molecule has 0 fully saturated rings. The van der Waals surface area contributed by atoms with Crippen LogP contribution in [0.25, 0.3) is 138 Å². The molecule has 0 saturated carbocycles. The minimum Gasteiger partial charge on any atom is -0.456 e. The smallest absolute Gasteiger partial charge is 0.167 e. The van der Waals surface area contributed by atoms with E-state index in [0.29, 0.717) is 28.6 Å². The Hall–Kier alpha value is -8.55. The summed E-state index contributed by atoms with van der Waals surface area (Å²) in [7, 11) is 0. The fourth-order valence-corrected chi connectivity index (χ4v) is 9.69. The van der Waals surface area contributed by atoms with Gasteiger partial charge in [0.2, 0.25) is 0 Å². The summed E-state index contributed by atoms with van der Waals surface area (Å²) in [4.78, 5) is 16.2. The van der Waals surface area contributed by atoms with Crippen molar-refractivity contribution in [2.45, 2.75) is 0 Å². The van der Waals surface area contributed by atoms with Gasteiger partial charge in [-0.3, -0.25) is 0 Å². The monoisotopic (exact) mass is 794 g/mol. The van der Waals surface area contributed by atoms with Crippen molar-refractivity contribution in [2.24, 2.45) is 0 Å². The molecule has 7 heteroatoms. The summed E-state index contributed by atoms with van der Waals surface area (Å²) in [5, 5.41) is 10.6. The molecule has 62 heavy (non-hydrogen) atoms. The first-order valence-electron chi connectivity index (χ1n) is 20.7. The fraction of sp³-hybridized carbons (Fsp3) is 0. The maximum Gasteiger partial charge on any atom is 0.167 e. The van der Waals surface area contributed by atoms with Crippen LogP contribution in [0.5, 0.6) is 0 Å². The van der Waals surface area contributed by atoms with E-state index in [9.17, 15) is 0 Å². The lowest BCUT2D eigenvalue weighted by Crippen LogP contribution is -2.04. The summed E-state index contributed by atoms with van der Waals surface area (Å²) in [6, 6.07) is 62.7. The third-order valence-electron chi connectivity index (χ3n) is 12.4. The summed E-state index contributed by atoms with van der Waals surface area (Å²) in [5.74, 6) is 1.47. The molecule has 9 aromatic carbocycles. The molecule has 0 aliphatic carbocycles. The minimum atomic E-state index is 0.485. The van der Waals surface area contributed by atoms with E-state index in [1.54, 1.807) is 0 Å². The maximum absolute atomic E-state index is 6.63. The van der Waals surface area contributed by atoms with Crippen LogP contribution >= 0.6 is 0 Å². The Balaban J connectivity index is 1.14. The number of fused-ring (bicyclic) bond motifs is 13. The van der Waals surface area contributed by atoms with Gasteiger partial charge in [0.15, 0.2) is 17.5 Å². The van der Waals surface area contributed by atoms with Crippen LogP contribution in [0.1, 0.15) is 0 Å². The standard InChI is InChI=1S/C55H30N4O3/c1-2-14-32-30-44-42(29-31(32)13-1)33-15-3-7-23-43(33)59(44)50-39(27-28-48-49(50)38-18-6-10-26-47(38)60-48)53-56-54(40-21-11-19-36-34-16-4-8-24-45(34)61-51(36)40)58-55(57-53)41-22-12-20-37-35-17-5-9-25-46(35)62-52(37)41/h1-30H. The van der Waals surface area contributed by atoms with Crippen molar-refractivity contribution in [3.8, 4) is 39.9 Å². The second-order valence-corrected chi connectivity index (χ2v) is 15.9. The molecule has 0 spiro atoms. The van der Waals surface area contributed by atoms with E-state index in [-0.39, 0.29) is 0 Å². The van der Waals surface area contributed by atoms with E-state index in [0.717, 1.165) is 104 Å². The molecule has 14 aromatic rings. The highest BCUT2D eigenvalue weighted by atomic mass is 16.3. The van der Waals surface area contributed by atoms with Gasteiger partial charge in [0.1, 0.15) is 33.5 Å². The molecule has 7 nitrogen and oxygen atoms in total. The van der Waals surface area contributed by atoms with Crippen molar-refractivity contribution in [3.63, 3.8) is 0 Å². The predicted molar refractivity (Wildman–Crippen MR) is 250 cm³/mol. The SMILES string of the molecule is c1ccc2cc3c(cc2c1)c1ccccc1n3-c1c(-c2nc(-c3cccc4c3oc3ccccc34)nc(-c3cccc4c3oc3ccccc34)n2)ccc2oc3ccccc3c12. The topological polar surface area (TPSA) is 83.0 Å². The number of para-hydroxylation sites is 6. The Morgan fingerprint density at radius 1 is 0.323 bits per heavy atom. The van der Waals surface area contributed by atoms with Crippen LogP contribution < -0.4 is 0 Å². The van der Waals surface area contributed by atoms with Gasteiger partial charge >= 0.3 is 0 Å². The van der Waals surface area contributed by atoms with Gasteiger partial charge in [0, 0.05) is 43.3 Å². The first-order valence-corrected chi connectivity index (χ1v) is 20.7. The molecule has 0 unspecified atom stereocenters. The molecule has 0 saturated heterocycles. The average Bonchev–Trinajstić information content (AvgIpc) is 4.09. The largest absolute Gasteiger partial charge is 0.456 e. The highest BCUT2D eigenvalue weighted by Crippen LogP contribution is 2.45. The molecule has 0 atom stereocenters. The zero-order chi connectivity index (χ0) is 40.5. The van der Waals surface area contributed by atoms with Gasteiger partial charge in [-0.2, -0.15) is 0 Å². The Morgan fingerprint density at radius 2 is 0.823 bits per heavy atom. The number of nitrogens with zero attached hydrogens (tertiary/aromatic N) is 4. The van der Waals surface area contributed by atoms with E-state index >= 15 is 0 Å². The number of hydrogen-bond donors (Lipinski definition) is 0. The van der Waals surface area contributed by atoms with Gasteiger partial charge in [-0.1, -0.05) is 121 Å². The van der Waals surface area contributed by atoms with E-state index in [2.05, 4.69) is 108 Å². The molecular weight excluding hydrogens is 765 g/mol. The molecule has 5 aromatic heterocycles. The second-order valence-electron chi connectivity index (χ2n) is 15.9. The van der Waals surface area contributed by atoms with Crippen molar-refractivity contribution in [3.05, 3.63) is 182 Å². The molecular formula is C55H30N4O3. The highest BCUT2D eigenvalue weighted by Gasteiger charge is 2.26. The number of benzene rings is 9. The summed E-state index contributed by atoms with van der Waals surface area (Å²) >= 11 is 0. The van der Waals surface area contributed by atoms with Crippen LogP contribution in [0.4, 0.5) is 0 Å². The summed E-state index contributed by atoms with van der Waals surface area (Å²) < 4.78 is 22.2. The van der Waals surface area contributed by atoms with Crippen molar-refractivity contribution in [1.29, 1.82) is 0 Å². The van der Waals surface area contributed by atoms with Crippen LogP contribution in [0.2, 0.25) is 0 Å². The van der Waals surface area contributed by atoms with Crippen LogP contribution in [0.15, 0.2) is 195 Å². The maximum atomic E-state index is 6.63. The molecule has 288 valence electrons. The van der Waals surface area contributed by atoms with Crippen molar-refractivity contribution in [1.82, 2.24) is 19.5 Å². The molecule has 0 aliphatic rings. The predicted octanol–water partition coefficient (Wildman–Crippen LogP) is 14.8. The molecule has 0 radical (unpaired) electrons. The molecule has 0 aliphatic heterocycles. The third-order valence-corrected chi connectivity index (χ3v) is 12.4. The molecule has 14 rings (SSSR count). The second kappa shape index (κ2) is 12.5. The lowest BCUT2D eigenvalue weighted by Gasteiger charge is -2.16. The van der Waals surface area contributed by atoms with Gasteiger partial charge in [-0.25, -0.2) is 15.0 Å².